The lowest BCUT2D eigenvalue weighted by Crippen LogP contribution is -2.57. The summed E-state index contributed by atoms with van der Waals surface area (Å²) in [6.45, 7) is 5.79. The van der Waals surface area contributed by atoms with Crippen molar-refractivity contribution in [1.82, 2.24) is 10.2 Å². The van der Waals surface area contributed by atoms with Crippen molar-refractivity contribution in [3.63, 3.8) is 0 Å². The second kappa shape index (κ2) is 10.1. The molecule has 0 spiro atoms. The Morgan fingerprint density at radius 1 is 1.26 bits per heavy atom. The minimum Gasteiger partial charge on any atom is -0.444 e. The molecule has 1 aliphatic rings. The maximum Gasteiger partial charge on any atom is 0.411 e. The number of Topliss-reactive ketones (excluding diaryl/α,β-unsaturated/α-hetero) is 1. The van der Waals surface area contributed by atoms with Crippen molar-refractivity contribution in [3.8, 4) is 0 Å². The molecule has 1 atom stereocenters. The van der Waals surface area contributed by atoms with Crippen LogP contribution in [0.4, 0.5) is 4.79 Å². The number of morpholine rings is 1. The molecule has 1 fully saturated rings. The molecule has 0 radical (unpaired) electrons. The number of nitrogens with zero attached hydrogens (tertiary/aromatic N) is 1. The van der Waals surface area contributed by atoms with Crippen LogP contribution in [-0.4, -0.2) is 60.6 Å². The molecule has 2 amide bonds. The minimum absolute atomic E-state index is 0. The summed E-state index contributed by atoms with van der Waals surface area (Å²) in [6.07, 6.45) is -0.569. The number of ether oxygens (including phenoxy) is 2. The molecular formula is C18H25BrN2O5S. The Bertz CT molecular complexity index is 675. The Morgan fingerprint density at radius 3 is 2.48 bits per heavy atom. The van der Waals surface area contributed by atoms with E-state index in [1.165, 1.54) is 4.90 Å². The van der Waals surface area contributed by atoms with Gasteiger partial charge in [-0.2, -0.15) is 13.5 Å². The number of carbonyl (C=O) groups excluding carboxylic acids is 3. The molecule has 0 aromatic heterocycles. The van der Waals surface area contributed by atoms with Gasteiger partial charge in [0, 0.05) is 16.6 Å². The van der Waals surface area contributed by atoms with Gasteiger partial charge in [-0.1, -0.05) is 28.1 Å². The highest BCUT2D eigenvalue weighted by molar-refractivity contribution is 9.10. The summed E-state index contributed by atoms with van der Waals surface area (Å²) in [4.78, 5) is 38.3. The molecule has 7 nitrogen and oxygen atoms in total. The number of carbonyl (C=O) groups is 3. The molecule has 0 bridgehead atoms. The van der Waals surface area contributed by atoms with Crippen LogP contribution in [0.5, 0.6) is 0 Å². The monoisotopic (exact) mass is 460 g/mol. The van der Waals surface area contributed by atoms with Crippen molar-refractivity contribution < 1.29 is 23.9 Å². The summed E-state index contributed by atoms with van der Waals surface area (Å²) < 4.78 is 11.5. The van der Waals surface area contributed by atoms with Crippen LogP contribution in [0.15, 0.2) is 28.7 Å². The van der Waals surface area contributed by atoms with E-state index in [2.05, 4.69) is 21.2 Å². The zero-order chi connectivity index (χ0) is 19.3. The van der Waals surface area contributed by atoms with Crippen molar-refractivity contribution in [2.24, 2.45) is 0 Å². The van der Waals surface area contributed by atoms with Crippen LogP contribution in [0.3, 0.4) is 0 Å². The maximum absolute atomic E-state index is 12.5. The van der Waals surface area contributed by atoms with E-state index in [0.29, 0.717) is 12.2 Å². The van der Waals surface area contributed by atoms with Gasteiger partial charge in [-0.15, -0.1) is 0 Å². The fraction of sp³-hybridized carbons (Fsp3) is 0.500. The summed E-state index contributed by atoms with van der Waals surface area (Å²) >= 11 is 3.31. The predicted octanol–water partition coefficient (Wildman–Crippen LogP) is 2.50. The van der Waals surface area contributed by atoms with E-state index in [1.807, 2.05) is 0 Å². The number of benzene rings is 1. The standard InChI is InChI=1S/C18H23BrN2O5.H2S/c1-18(2,3)26-17(24)21-8-9-25-11-14(21)16(23)20-10-15(22)12-4-6-13(19)7-5-12;/h4-7,14H,8-11H2,1-3H3,(H,20,23);1H2/t14-;/m0./s1. The first kappa shape index (κ1) is 23.5. The first-order valence-corrected chi connectivity index (χ1v) is 9.10. The third kappa shape index (κ3) is 7.15. The van der Waals surface area contributed by atoms with Crippen LogP contribution < -0.4 is 5.32 Å². The zero-order valence-corrected chi connectivity index (χ0v) is 18.2. The molecule has 1 aromatic carbocycles. The molecule has 0 saturated carbocycles. The summed E-state index contributed by atoms with van der Waals surface area (Å²) in [7, 11) is 0. The number of amides is 2. The summed E-state index contributed by atoms with van der Waals surface area (Å²) in [5.74, 6) is -0.660. The molecule has 2 rings (SSSR count). The van der Waals surface area contributed by atoms with Gasteiger partial charge in [0.05, 0.1) is 19.8 Å². The average Bonchev–Trinajstić information content (AvgIpc) is 2.58. The number of hydrogen-bond donors (Lipinski definition) is 1. The lowest BCUT2D eigenvalue weighted by atomic mass is 10.1. The van der Waals surface area contributed by atoms with Gasteiger partial charge in [-0.3, -0.25) is 14.5 Å². The number of nitrogens with one attached hydrogen (secondary N) is 1. The number of hydrogen-bond acceptors (Lipinski definition) is 5. The van der Waals surface area contributed by atoms with Crippen LogP contribution in [0.1, 0.15) is 31.1 Å². The third-order valence-corrected chi connectivity index (χ3v) is 4.18. The highest BCUT2D eigenvalue weighted by Gasteiger charge is 2.35. The molecule has 0 aliphatic carbocycles. The van der Waals surface area contributed by atoms with Gasteiger partial charge >= 0.3 is 6.09 Å². The molecule has 150 valence electrons. The third-order valence-electron chi connectivity index (χ3n) is 3.65. The lowest BCUT2D eigenvalue weighted by molar-refractivity contribution is -0.132. The second-order valence-corrected chi connectivity index (χ2v) is 7.83. The van der Waals surface area contributed by atoms with Gasteiger partial charge in [0.15, 0.2) is 5.78 Å². The van der Waals surface area contributed by atoms with Gasteiger partial charge in [0.1, 0.15) is 11.6 Å². The number of halogens is 1. The van der Waals surface area contributed by atoms with Crippen LogP contribution >= 0.6 is 29.4 Å². The predicted molar refractivity (Wildman–Crippen MR) is 109 cm³/mol. The second-order valence-electron chi connectivity index (χ2n) is 6.91. The smallest absolute Gasteiger partial charge is 0.411 e. The van der Waals surface area contributed by atoms with Crippen molar-refractivity contribution >= 4 is 47.2 Å². The van der Waals surface area contributed by atoms with Gasteiger partial charge < -0.3 is 14.8 Å². The molecule has 1 aliphatic heterocycles. The van der Waals surface area contributed by atoms with Crippen molar-refractivity contribution in [3.05, 3.63) is 34.3 Å². The molecule has 27 heavy (non-hydrogen) atoms. The Labute approximate surface area is 174 Å². The Kier molecular flexibility index (Phi) is 8.77. The molecule has 1 aromatic rings. The first-order valence-electron chi connectivity index (χ1n) is 8.31. The normalized spacial score (nSPS) is 16.9. The van der Waals surface area contributed by atoms with Crippen molar-refractivity contribution in [1.29, 1.82) is 0 Å². The molecule has 1 saturated heterocycles. The summed E-state index contributed by atoms with van der Waals surface area (Å²) in [5.41, 5.74) is -0.161. The zero-order valence-electron chi connectivity index (χ0n) is 15.6. The largest absolute Gasteiger partial charge is 0.444 e. The fourth-order valence-electron chi connectivity index (χ4n) is 2.38. The topological polar surface area (TPSA) is 84.9 Å². The van der Waals surface area contributed by atoms with Crippen LogP contribution in [-0.2, 0) is 14.3 Å². The van der Waals surface area contributed by atoms with E-state index in [4.69, 9.17) is 9.47 Å². The van der Waals surface area contributed by atoms with Gasteiger partial charge in [-0.05, 0) is 32.9 Å². The Hall–Kier alpha value is -1.58. The minimum atomic E-state index is -0.823. The lowest BCUT2D eigenvalue weighted by Gasteiger charge is -2.35. The van der Waals surface area contributed by atoms with Crippen LogP contribution in [0, 0.1) is 0 Å². The Balaban J connectivity index is 0.00000364. The van der Waals surface area contributed by atoms with E-state index in [0.717, 1.165) is 4.47 Å². The van der Waals surface area contributed by atoms with E-state index >= 15 is 0 Å². The average molecular weight is 461 g/mol. The highest BCUT2D eigenvalue weighted by atomic mass is 79.9. The van der Waals surface area contributed by atoms with E-state index in [9.17, 15) is 14.4 Å². The quantitative estimate of drug-likeness (QED) is 0.697. The number of ketones is 1. The first-order chi connectivity index (χ1) is 12.2. The van der Waals surface area contributed by atoms with E-state index < -0.39 is 23.6 Å². The van der Waals surface area contributed by atoms with Crippen molar-refractivity contribution in [2.45, 2.75) is 32.4 Å². The van der Waals surface area contributed by atoms with Gasteiger partial charge in [0.25, 0.3) is 0 Å². The van der Waals surface area contributed by atoms with Crippen molar-refractivity contribution in [2.75, 3.05) is 26.3 Å². The SMILES string of the molecule is CC(C)(C)OC(=O)N1CCOC[C@H]1C(=O)NCC(=O)c1ccc(Br)cc1.S. The summed E-state index contributed by atoms with van der Waals surface area (Å²) in [6, 6.07) is 6.05. The highest BCUT2D eigenvalue weighted by Crippen LogP contribution is 2.15. The van der Waals surface area contributed by atoms with E-state index in [-0.39, 0.29) is 39.0 Å². The molecule has 1 N–H and O–H groups in total. The van der Waals surface area contributed by atoms with Gasteiger partial charge in [0.2, 0.25) is 5.91 Å². The molecule has 0 unspecified atom stereocenters. The molecule has 1 heterocycles. The number of rotatable bonds is 4. The van der Waals surface area contributed by atoms with E-state index in [1.54, 1.807) is 45.0 Å². The Morgan fingerprint density at radius 2 is 1.89 bits per heavy atom. The summed E-state index contributed by atoms with van der Waals surface area (Å²) in [5, 5.41) is 2.58. The molecule has 9 heteroatoms. The fourth-order valence-corrected chi connectivity index (χ4v) is 2.65. The van der Waals surface area contributed by atoms with Crippen LogP contribution in [0.2, 0.25) is 0 Å². The van der Waals surface area contributed by atoms with Gasteiger partial charge in [-0.25, -0.2) is 4.79 Å². The maximum atomic E-state index is 12.5. The van der Waals surface area contributed by atoms with Crippen LogP contribution in [0.25, 0.3) is 0 Å². The molecular weight excluding hydrogens is 436 g/mol.